The van der Waals surface area contributed by atoms with Gasteiger partial charge in [0.05, 0.1) is 12.8 Å². The fourth-order valence-corrected chi connectivity index (χ4v) is 6.64. The van der Waals surface area contributed by atoms with Crippen LogP contribution in [0.2, 0.25) is 0 Å². The van der Waals surface area contributed by atoms with E-state index in [1.807, 2.05) is 97.1 Å². The minimum Gasteiger partial charge on any atom is -0.497 e. The van der Waals surface area contributed by atoms with Crippen molar-refractivity contribution in [3.05, 3.63) is 103 Å². The molecule has 138 valence electrons. The van der Waals surface area contributed by atoms with E-state index in [0.29, 0.717) is 21.3 Å². The van der Waals surface area contributed by atoms with Crippen LogP contribution in [-0.2, 0) is 0 Å². The standard InChI is InChI=1S/C24H20FNOSi/c1-27-19-15-16-24(22(18-19)23-14-8-9-17-26-23)28(25,20-10-4-2-5-11-20)21-12-6-3-7-13-21/h2-18H,1H3. The number of benzene rings is 3. The van der Waals surface area contributed by atoms with Gasteiger partial charge >= 0.3 is 8.41 Å². The first-order valence-corrected chi connectivity index (χ1v) is 11.0. The van der Waals surface area contributed by atoms with Crippen molar-refractivity contribution < 1.29 is 8.84 Å². The number of rotatable bonds is 5. The van der Waals surface area contributed by atoms with Gasteiger partial charge in [-0.3, -0.25) is 9.09 Å². The lowest BCUT2D eigenvalue weighted by molar-refractivity contribution is 0.415. The van der Waals surface area contributed by atoms with Crippen LogP contribution in [0.4, 0.5) is 4.11 Å². The van der Waals surface area contributed by atoms with Crippen molar-refractivity contribution in [1.82, 2.24) is 4.98 Å². The van der Waals surface area contributed by atoms with Crippen LogP contribution in [0.1, 0.15) is 0 Å². The normalized spacial score (nSPS) is 11.2. The molecule has 0 aliphatic heterocycles. The van der Waals surface area contributed by atoms with Crippen LogP contribution in [0.25, 0.3) is 11.3 Å². The Morgan fingerprint density at radius 1 is 0.750 bits per heavy atom. The molecular weight excluding hydrogens is 365 g/mol. The molecule has 0 N–H and O–H groups in total. The summed E-state index contributed by atoms with van der Waals surface area (Å²) >= 11 is 0. The summed E-state index contributed by atoms with van der Waals surface area (Å²) in [7, 11) is -2.12. The van der Waals surface area contributed by atoms with Gasteiger partial charge in [0, 0.05) is 11.8 Å². The van der Waals surface area contributed by atoms with Gasteiger partial charge in [-0.1, -0.05) is 72.8 Å². The molecule has 0 spiro atoms. The molecule has 2 nitrogen and oxygen atoms in total. The molecule has 1 aromatic heterocycles. The van der Waals surface area contributed by atoms with Crippen LogP contribution in [0.15, 0.2) is 103 Å². The highest BCUT2D eigenvalue weighted by atomic mass is 28.4. The number of halogens is 1. The fourth-order valence-electron chi connectivity index (χ4n) is 3.50. The molecule has 1 heterocycles. The zero-order valence-electron chi connectivity index (χ0n) is 15.5. The summed E-state index contributed by atoms with van der Waals surface area (Å²) in [6, 6.07) is 30.2. The van der Waals surface area contributed by atoms with Crippen LogP contribution >= 0.6 is 0 Å². The molecule has 0 saturated carbocycles. The van der Waals surface area contributed by atoms with Crippen LogP contribution in [0, 0.1) is 0 Å². The number of methoxy groups -OCH3 is 1. The molecule has 3 aromatic carbocycles. The lowest BCUT2D eigenvalue weighted by Gasteiger charge is -2.26. The number of hydrogen-bond acceptors (Lipinski definition) is 2. The molecule has 4 rings (SSSR count). The van der Waals surface area contributed by atoms with Gasteiger partial charge in [0.1, 0.15) is 5.75 Å². The SMILES string of the molecule is COc1ccc([Si](F)(c2ccccc2)c2ccccc2)c(-c2ccccn2)c1. The summed E-state index contributed by atoms with van der Waals surface area (Å²) in [6.45, 7) is 0. The Morgan fingerprint density at radius 2 is 1.36 bits per heavy atom. The van der Waals surface area contributed by atoms with E-state index < -0.39 is 8.41 Å². The number of hydrogen-bond donors (Lipinski definition) is 0. The molecule has 4 heteroatoms. The quantitative estimate of drug-likeness (QED) is 0.297. The number of aromatic nitrogens is 1. The van der Waals surface area contributed by atoms with Crippen molar-refractivity contribution in [2.24, 2.45) is 0 Å². The van der Waals surface area contributed by atoms with Crippen LogP contribution in [-0.4, -0.2) is 20.5 Å². The van der Waals surface area contributed by atoms with E-state index in [1.165, 1.54) is 0 Å². The van der Waals surface area contributed by atoms with Crippen molar-refractivity contribution in [2.45, 2.75) is 0 Å². The largest absolute Gasteiger partial charge is 0.497 e. The van der Waals surface area contributed by atoms with Gasteiger partial charge in [-0.15, -0.1) is 0 Å². The first-order chi connectivity index (χ1) is 13.7. The van der Waals surface area contributed by atoms with Gasteiger partial charge in [0.25, 0.3) is 0 Å². The summed E-state index contributed by atoms with van der Waals surface area (Å²) in [5.41, 5.74) is 1.50. The van der Waals surface area contributed by atoms with E-state index in [-0.39, 0.29) is 0 Å². The summed E-state index contributed by atoms with van der Waals surface area (Å²) in [6.07, 6.45) is 1.73. The van der Waals surface area contributed by atoms with Gasteiger partial charge in [0.2, 0.25) is 0 Å². The van der Waals surface area contributed by atoms with Crippen molar-refractivity contribution in [3.63, 3.8) is 0 Å². The van der Waals surface area contributed by atoms with Crippen molar-refractivity contribution >= 4 is 24.0 Å². The average Bonchev–Trinajstić information content (AvgIpc) is 2.80. The van der Waals surface area contributed by atoms with Gasteiger partial charge in [0.15, 0.2) is 0 Å². The third-order valence-corrected chi connectivity index (χ3v) is 8.32. The van der Waals surface area contributed by atoms with Crippen molar-refractivity contribution in [3.8, 4) is 17.0 Å². The predicted octanol–water partition coefficient (Wildman–Crippen LogP) is 3.69. The Bertz CT molecular complexity index is 1020. The van der Waals surface area contributed by atoms with E-state index in [0.717, 1.165) is 11.3 Å². The minimum absolute atomic E-state index is 0.671. The Balaban J connectivity index is 2.03. The van der Waals surface area contributed by atoms with Gasteiger partial charge < -0.3 is 4.74 Å². The van der Waals surface area contributed by atoms with E-state index >= 15 is 4.11 Å². The summed E-state index contributed by atoms with van der Waals surface area (Å²) in [5, 5.41) is 2.09. The Labute approximate surface area is 165 Å². The van der Waals surface area contributed by atoms with Gasteiger partial charge in [-0.05, 0) is 39.8 Å². The van der Waals surface area contributed by atoms with Crippen LogP contribution in [0.5, 0.6) is 5.75 Å². The zero-order valence-corrected chi connectivity index (χ0v) is 16.5. The first-order valence-electron chi connectivity index (χ1n) is 9.13. The molecule has 28 heavy (non-hydrogen) atoms. The summed E-state index contributed by atoms with van der Waals surface area (Å²) in [4.78, 5) is 4.49. The highest BCUT2D eigenvalue weighted by Gasteiger charge is 2.43. The maximum atomic E-state index is 17.2. The smallest absolute Gasteiger partial charge is 0.340 e. The number of ether oxygens (including phenoxy) is 1. The second-order valence-electron chi connectivity index (χ2n) is 6.52. The third kappa shape index (κ3) is 3.23. The Hall–Kier alpha value is -3.24. The van der Waals surface area contributed by atoms with Gasteiger partial charge in [-0.2, -0.15) is 0 Å². The van der Waals surface area contributed by atoms with Crippen molar-refractivity contribution in [2.75, 3.05) is 7.11 Å². The molecule has 0 unspecified atom stereocenters. The van der Waals surface area contributed by atoms with Crippen molar-refractivity contribution in [1.29, 1.82) is 0 Å². The molecule has 0 saturated heterocycles. The highest BCUT2D eigenvalue weighted by molar-refractivity contribution is 7.07. The van der Waals surface area contributed by atoms with Crippen LogP contribution < -0.4 is 20.3 Å². The third-order valence-electron chi connectivity index (χ3n) is 4.88. The minimum atomic E-state index is -3.74. The lowest BCUT2D eigenvalue weighted by Crippen LogP contribution is -2.64. The van der Waals surface area contributed by atoms with Crippen LogP contribution in [0.3, 0.4) is 0 Å². The second kappa shape index (κ2) is 7.78. The molecule has 0 aliphatic rings. The summed E-state index contributed by atoms with van der Waals surface area (Å²) in [5.74, 6) is 0.682. The second-order valence-corrected chi connectivity index (χ2v) is 9.53. The predicted molar refractivity (Wildman–Crippen MR) is 115 cm³/mol. The highest BCUT2D eigenvalue weighted by Crippen LogP contribution is 2.24. The molecule has 0 fully saturated rings. The molecule has 0 atom stereocenters. The number of nitrogens with zero attached hydrogens (tertiary/aromatic N) is 1. The molecule has 0 aliphatic carbocycles. The summed E-state index contributed by atoms with van der Waals surface area (Å²) < 4.78 is 22.7. The molecule has 0 amide bonds. The van der Waals surface area contributed by atoms with E-state index in [1.54, 1.807) is 13.3 Å². The topological polar surface area (TPSA) is 22.1 Å². The maximum absolute atomic E-state index is 17.2. The monoisotopic (exact) mass is 385 g/mol. The average molecular weight is 386 g/mol. The fraction of sp³-hybridized carbons (Fsp3) is 0.0417. The Morgan fingerprint density at radius 3 is 1.89 bits per heavy atom. The molecular formula is C24H20FNOSi. The van der Waals surface area contributed by atoms with E-state index in [4.69, 9.17) is 4.74 Å². The molecule has 0 bridgehead atoms. The number of pyridine rings is 1. The molecule has 0 radical (unpaired) electrons. The van der Waals surface area contributed by atoms with E-state index in [2.05, 4.69) is 4.98 Å². The Kier molecular flexibility index (Phi) is 5.04. The maximum Gasteiger partial charge on any atom is 0.340 e. The molecule has 4 aromatic rings. The lowest BCUT2D eigenvalue weighted by atomic mass is 10.1. The first kappa shape index (κ1) is 18.1. The zero-order chi connectivity index (χ0) is 19.4. The van der Waals surface area contributed by atoms with Gasteiger partial charge in [-0.25, -0.2) is 0 Å². The van der Waals surface area contributed by atoms with E-state index in [9.17, 15) is 0 Å².